The molecule has 0 bridgehead atoms. The molecule has 0 fully saturated rings. The average Bonchev–Trinajstić information content (AvgIpc) is 2.60. The van der Waals surface area contributed by atoms with Crippen molar-refractivity contribution >= 4 is 5.95 Å². The van der Waals surface area contributed by atoms with E-state index >= 15 is 0 Å². The van der Waals surface area contributed by atoms with Crippen LogP contribution in [0.4, 0.5) is 5.95 Å². The maximum Gasteiger partial charge on any atom is 0.202 e. The second kappa shape index (κ2) is 5.62. The molecule has 0 saturated carbocycles. The number of imidazole rings is 1. The maximum absolute atomic E-state index is 4.24. The molecule has 0 radical (unpaired) electrons. The lowest BCUT2D eigenvalue weighted by Crippen LogP contribution is -2.07. The van der Waals surface area contributed by atoms with E-state index in [-0.39, 0.29) is 0 Å². The van der Waals surface area contributed by atoms with Gasteiger partial charge in [-0.3, -0.25) is 0 Å². The maximum atomic E-state index is 4.24. The molecule has 0 aromatic carbocycles. The fraction of sp³-hybridized carbons (Fsp3) is 0.700. The van der Waals surface area contributed by atoms with Crippen LogP contribution in [0.25, 0.3) is 0 Å². The lowest BCUT2D eigenvalue weighted by molar-refractivity contribution is 0.722. The summed E-state index contributed by atoms with van der Waals surface area (Å²) in [6.07, 6.45) is 7.63. The van der Waals surface area contributed by atoms with E-state index in [9.17, 15) is 0 Å². The van der Waals surface area contributed by atoms with E-state index in [4.69, 9.17) is 0 Å². The molecule has 1 aromatic heterocycles. The van der Waals surface area contributed by atoms with E-state index in [1.54, 1.807) is 0 Å². The number of anilines is 1. The summed E-state index contributed by atoms with van der Waals surface area (Å²) < 4.78 is 2.12. The lowest BCUT2D eigenvalue weighted by atomic mass is 10.2. The average molecular weight is 181 g/mol. The van der Waals surface area contributed by atoms with Crippen LogP contribution in [0.2, 0.25) is 0 Å². The van der Waals surface area contributed by atoms with Crippen LogP contribution in [0.5, 0.6) is 0 Å². The van der Waals surface area contributed by atoms with E-state index in [2.05, 4.69) is 28.7 Å². The van der Waals surface area contributed by atoms with Crippen molar-refractivity contribution in [1.29, 1.82) is 0 Å². The van der Waals surface area contributed by atoms with Crippen LogP contribution in [-0.2, 0) is 6.54 Å². The first-order chi connectivity index (χ1) is 6.38. The van der Waals surface area contributed by atoms with Crippen LogP contribution in [0, 0.1) is 0 Å². The van der Waals surface area contributed by atoms with E-state index in [0.29, 0.717) is 0 Å². The van der Waals surface area contributed by atoms with Gasteiger partial charge in [0.05, 0.1) is 0 Å². The number of nitrogens with one attached hydrogen (secondary N) is 1. The predicted molar refractivity (Wildman–Crippen MR) is 55.9 cm³/mol. The highest BCUT2D eigenvalue weighted by atomic mass is 15.2. The number of hydrogen-bond donors (Lipinski definition) is 1. The van der Waals surface area contributed by atoms with Crippen molar-refractivity contribution in [3.63, 3.8) is 0 Å². The molecule has 13 heavy (non-hydrogen) atoms. The third kappa shape index (κ3) is 3.09. The largest absolute Gasteiger partial charge is 0.356 e. The fourth-order valence-electron chi connectivity index (χ4n) is 1.31. The Labute approximate surface area is 80.2 Å². The molecule has 74 valence electrons. The Morgan fingerprint density at radius 2 is 2.23 bits per heavy atom. The van der Waals surface area contributed by atoms with Gasteiger partial charge in [-0.15, -0.1) is 0 Å². The molecule has 0 aliphatic heterocycles. The second-order valence-electron chi connectivity index (χ2n) is 3.17. The van der Waals surface area contributed by atoms with E-state index in [1.807, 2.05) is 12.4 Å². The van der Waals surface area contributed by atoms with Crippen molar-refractivity contribution in [2.75, 3.05) is 11.9 Å². The molecule has 1 heterocycles. The molecule has 0 atom stereocenters. The summed E-state index contributed by atoms with van der Waals surface area (Å²) in [5, 5.41) is 3.33. The van der Waals surface area contributed by atoms with Gasteiger partial charge in [-0.05, 0) is 13.3 Å². The number of unbranched alkanes of at least 4 members (excludes halogenated alkanes) is 2. The molecular weight excluding hydrogens is 162 g/mol. The van der Waals surface area contributed by atoms with Crippen LogP contribution in [0.1, 0.15) is 33.1 Å². The number of hydrogen-bond acceptors (Lipinski definition) is 2. The van der Waals surface area contributed by atoms with E-state index in [1.165, 1.54) is 19.3 Å². The quantitative estimate of drug-likeness (QED) is 0.683. The molecular formula is C10H19N3. The standard InChI is InChI=1S/C10H19N3/c1-3-5-6-7-11-10-12-8-9-13(10)4-2/h8-9H,3-7H2,1-2H3,(H,11,12). The highest BCUT2D eigenvalue weighted by Crippen LogP contribution is 2.04. The second-order valence-corrected chi connectivity index (χ2v) is 3.17. The zero-order valence-electron chi connectivity index (χ0n) is 8.58. The summed E-state index contributed by atoms with van der Waals surface area (Å²) in [5.74, 6) is 0.999. The minimum Gasteiger partial charge on any atom is -0.356 e. The number of nitrogens with zero attached hydrogens (tertiary/aromatic N) is 2. The van der Waals surface area contributed by atoms with Crippen molar-refractivity contribution in [2.24, 2.45) is 0 Å². The molecule has 3 nitrogen and oxygen atoms in total. The number of aromatic nitrogens is 2. The Kier molecular flexibility index (Phi) is 4.36. The molecule has 1 rings (SSSR count). The van der Waals surface area contributed by atoms with Gasteiger partial charge in [0.25, 0.3) is 0 Å². The Bertz CT molecular complexity index is 230. The first kappa shape index (κ1) is 10.1. The van der Waals surface area contributed by atoms with Crippen LogP contribution >= 0.6 is 0 Å². The molecule has 0 saturated heterocycles. The Morgan fingerprint density at radius 3 is 2.92 bits per heavy atom. The summed E-state index contributed by atoms with van der Waals surface area (Å²) in [4.78, 5) is 4.24. The van der Waals surface area contributed by atoms with Crippen LogP contribution < -0.4 is 5.32 Å². The third-order valence-electron chi connectivity index (χ3n) is 2.12. The number of rotatable bonds is 6. The van der Waals surface area contributed by atoms with Crippen molar-refractivity contribution in [3.8, 4) is 0 Å². The molecule has 0 aliphatic rings. The molecule has 1 aromatic rings. The van der Waals surface area contributed by atoms with Crippen molar-refractivity contribution in [1.82, 2.24) is 9.55 Å². The van der Waals surface area contributed by atoms with Crippen molar-refractivity contribution in [2.45, 2.75) is 39.7 Å². The number of aryl methyl sites for hydroxylation is 1. The van der Waals surface area contributed by atoms with E-state index in [0.717, 1.165) is 19.0 Å². The normalized spacial score (nSPS) is 10.3. The molecule has 0 aliphatic carbocycles. The summed E-state index contributed by atoms with van der Waals surface area (Å²) >= 11 is 0. The van der Waals surface area contributed by atoms with Gasteiger partial charge in [-0.2, -0.15) is 0 Å². The van der Waals surface area contributed by atoms with Gasteiger partial charge < -0.3 is 9.88 Å². The van der Waals surface area contributed by atoms with Crippen LogP contribution in [0.15, 0.2) is 12.4 Å². The minimum absolute atomic E-state index is 0.982. The molecule has 3 heteroatoms. The zero-order valence-corrected chi connectivity index (χ0v) is 8.58. The Hall–Kier alpha value is -0.990. The topological polar surface area (TPSA) is 29.9 Å². The summed E-state index contributed by atoms with van der Waals surface area (Å²) in [6, 6.07) is 0. The van der Waals surface area contributed by atoms with Crippen molar-refractivity contribution < 1.29 is 0 Å². The van der Waals surface area contributed by atoms with Gasteiger partial charge >= 0.3 is 0 Å². The van der Waals surface area contributed by atoms with Gasteiger partial charge in [0, 0.05) is 25.5 Å². The van der Waals surface area contributed by atoms with Crippen molar-refractivity contribution in [3.05, 3.63) is 12.4 Å². The van der Waals surface area contributed by atoms with Gasteiger partial charge in [0.15, 0.2) is 0 Å². The SMILES string of the molecule is CCCCCNc1nccn1CC. The monoisotopic (exact) mass is 181 g/mol. The van der Waals surface area contributed by atoms with Gasteiger partial charge in [-0.25, -0.2) is 4.98 Å². The first-order valence-electron chi connectivity index (χ1n) is 5.13. The fourth-order valence-corrected chi connectivity index (χ4v) is 1.31. The minimum atomic E-state index is 0.982. The zero-order chi connectivity index (χ0) is 9.52. The van der Waals surface area contributed by atoms with E-state index < -0.39 is 0 Å². The third-order valence-corrected chi connectivity index (χ3v) is 2.12. The first-order valence-corrected chi connectivity index (χ1v) is 5.13. The van der Waals surface area contributed by atoms with Gasteiger partial charge in [-0.1, -0.05) is 19.8 Å². The molecule has 0 spiro atoms. The van der Waals surface area contributed by atoms with Crippen LogP contribution in [-0.4, -0.2) is 16.1 Å². The summed E-state index contributed by atoms with van der Waals surface area (Å²) in [6.45, 7) is 6.35. The van der Waals surface area contributed by atoms with Crippen LogP contribution in [0.3, 0.4) is 0 Å². The lowest BCUT2D eigenvalue weighted by Gasteiger charge is -2.06. The molecule has 1 N–H and O–H groups in total. The summed E-state index contributed by atoms with van der Waals surface area (Å²) in [7, 11) is 0. The summed E-state index contributed by atoms with van der Waals surface area (Å²) in [5.41, 5.74) is 0. The van der Waals surface area contributed by atoms with Gasteiger partial charge in [0.2, 0.25) is 5.95 Å². The predicted octanol–water partition coefficient (Wildman–Crippen LogP) is 2.51. The van der Waals surface area contributed by atoms with Gasteiger partial charge in [0.1, 0.15) is 0 Å². The highest BCUT2D eigenvalue weighted by molar-refractivity contribution is 5.25. The molecule has 0 unspecified atom stereocenters. The Morgan fingerprint density at radius 1 is 1.38 bits per heavy atom. The smallest absolute Gasteiger partial charge is 0.202 e. The highest BCUT2D eigenvalue weighted by Gasteiger charge is 1.97. The molecule has 0 amide bonds. The Balaban J connectivity index is 2.27.